The fourth-order valence-corrected chi connectivity index (χ4v) is 1.95. The maximum absolute atomic E-state index is 8.76. The zero-order valence-electron chi connectivity index (χ0n) is 12.4. The zero-order chi connectivity index (χ0) is 15.4. The van der Waals surface area contributed by atoms with E-state index in [0.29, 0.717) is 23.1 Å². The van der Waals surface area contributed by atoms with Gasteiger partial charge in [-0.15, -0.1) is 0 Å². The minimum atomic E-state index is 0.0290. The van der Waals surface area contributed by atoms with Gasteiger partial charge in [-0.3, -0.25) is 0 Å². The molecule has 1 aromatic carbocycles. The molecule has 0 amide bonds. The van der Waals surface area contributed by atoms with Gasteiger partial charge in [0.2, 0.25) is 5.88 Å². The number of hydrogen-bond donors (Lipinski definition) is 2. The van der Waals surface area contributed by atoms with E-state index in [1.807, 2.05) is 25.1 Å². The maximum Gasteiger partial charge on any atom is 0.220 e. The molecule has 0 bridgehead atoms. The Balaban J connectivity index is 2.31. The Labute approximate surface area is 124 Å². The van der Waals surface area contributed by atoms with Crippen LogP contribution in [0.1, 0.15) is 36.6 Å². The SMILES string of the molecule is Cc1cc(/C(N)=N/O)cc(Oc2cccc(C(C)C)c2)n1. The van der Waals surface area contributed by atoms with Gasteiger partial charge in [-0.1, -0.05) is 31.1 Å². The third-order valence-corrected chi connectivity index (χ3v) is 3.08. The van der Waals surface area contributed by atoms with E-state index in [-0.39, 0.29) is 5.84 Å². The van der Waals surface area contributed by atoms with Crippen LogP contribution in [0.5, 0.6) is 11.6 Å². The largest absolute Gasteiger partial charge is 0.439 e. The van der Waals surface area contributed by atoms with Crippen LogP contribution in [-0.2, 0) is 0 Å². The molecule has 0 radical (unpaired) electrons. The number of nitrogens with two attached hydrogens (primary N) is 1. The van der Waals surface area contributed by atoms with E-state index in [0.717, 1.165) is 5.69 Å². The number of aryl methyl sites for hydroxylation is 1. The second-order valence-corrected chi connectivity index (χ2v) is 5.15. The average Bonchev–Trinajstić information content (AvgIpc) is 2.46. The number of oxime groups is 1. The van der Waals surface area contributed by atoms with Crippen molar-refractivity contribution in [3.05, 3.63) is 53.2 Å². The lowest BCUT2D eigenvalue weighted by atomic mass is 10.0. The van der Waals surface area contributed by atoms with Crippen molar-refractivity contribution in [1.82, 2.24) is 4.98 Å². The van der Waals surface area contributed by atoms with Gasteiger partial charge in [0.05, 0.1) is 0 Å². The van der Waals surface area contributed by atoms with Crippen molar-refractivity contribution in [1.29, 1.82) is 0 Å². The number of rotatable bonds is 4. The Kier molecular flexibility index (Phi) is 4.42. The molecule has 2 aromatic rings. The Bertz CT molecular complexity index is 666. The predicted octanol–water partition coefficient (Wildman–Crippen LogP) is 3.40. The number of nitrogens with zero attached hydrogens (tertiary/aromatic N) is 2. The van der Waals surface area contributed by atoms with Gasteiger partial charge >= 0.3 is 0 Å². The Morgan fingerprint density at radius 1 is 1.29 bits per heavy atom. The summed E-state index contributed by atoms with van der Waals surface area (Å²) < 4.78 is 5.78. The molecule has 1 heterocycles. The summed E-state index contributed by atoms with van der Waals surface area (Å²) in [5, 5.41) is 11.8. The molecule has 0 saturated heterocycles. The second kappa shape index (κ2) is 6.26. The standard InChI is InChI=1S/C16H19N3O2/c1-10(2)12-5-4-6-14(8-12)21-15-9-13(16(17)19-20)7-11(3)18-15/h4-10,20H,1-3H3,(H2,17,19). The van der Waals surface area contributed by atoms with Crippen molar-refractivity contribution in [3.8, 4) is 11.6 Å². The third-order valence-electron chi connectivity index (χ3n) is 3.08. The molecule has 0 fully saturated rings. The smallest absolute Gasteiger partial charge is 0.220 e. The van der Waals surface area contributed by atoms with Gasteiger partial charge in [-0.2, -0.15) is 0 Å². The van der Waals surface area contributed by atoms with Crippen molar-refractivity contribution in [3.63, 3.8) is 0 Å². The molecule has 110 valence electrons. The molecule has 0 aliphatic rings. The van der Waals surface area contributed by atoms with E-state index in [4.69, 9.17) is 15.7 Å². The van der Waals surface area contributed by atoms with E-state index in [2.05, 4.69) is 30.1 Å². The zero-order valence-corrected chi connectivity index (χ0v) is 12.4. The normalized spacial score (nSPS) is 11.7. The number of amidine groups is 1. The van der Waals surface area contributed by atoms with Crippen LogP contribution in [0.25, 0.3) is 0 Å². The summed E-state index contributed by atoms with van der Waals surface area (Å²) in [5.74, 6) is 1.58. The number of benzene rings is 1. The van der Waals surface area contributed by atoms with Crippen LogP contribution in [-0.4, -0.2) is 16.0 Å². The van der Waals surface area contributed by atoms with Crippen LogP contribution in [0.3, 0.4) is 0 Å². The van der Waals surface area contributed by atoms with Crippen LogP contribution in [0.15, 0.2) is 41.6 Å². The van der Waals surface area contributed by atoms with E-state index in [1.54, 1.807) is 12.1 Å². The molecule has 5 heteroatoms. The van der Waals surface area contributed by atoms with E-state index >= 15 is 0 Å². The van der Waals surface area contributed by atoms with Gasteiger partial charge in [0, 0.05) is 17.3 Å². The monoisotopic (exact) mass is 285 g/mol. The highest BCUT2D eigenvalue weighted by molar-refractivity contribution is 5.97. The first kappa shape index (κ1) is 14.8. The van der Waals surface area contributed by atoms with Crippen molar-refractivity contribution < 1.29 is 9.94 Å². The van der Waals surface area contributed by atoms with Crippen LogP contribution in [0.2, 0.25) is 0 Å². The molecule has 2 rings (SSSR count). The first-order valence-electron chi connectivity index (χ1n) is 6.74. The number of aromatic nitrogens is 1. The second-order valence-electron chi connectivity index (χ2n) is 5.15. The van der Waals surface area contributed by atoms with Crippen molar-refractivity contribution in [2.45, 2.75) is 26.7 Å². The third kappa shape index (κ3) is 3.72. The highest BCUT2D eigenvalue weighted by atomic mass is 16.5. The molecule has 0 aliphatic heterocycles. The minimum absolute atomic E-state index is 0.0290. The lowest BCUT2D eigenvalue weighted by Gasteiger charge is -2.10. The summed E-state index contributed by atoms with van der Waals surface area (Å²) in [7, 11) is 0. The predicted molar refractivity (Wildman–Crippen MR) is 82.1 cm³/mol. The summed E-state index contributed by atoms with van der Waals surface area (Å²) in [4.78, 5) is 4.31. The Morgan fingerprint density at radius 3 is 2.71 bits per heavy atom. The summed E-state index contributed by atoms with van der Waals surface area (Å²) in [5.41, 5.74) is 8.10. The highest BCUT2D eigenvalue weighted by Gasteiger charge is 2.07. The molecule has 0 atom stereocenters. The lowest BCUT2D eigenvalue weighted by molar-refractivity contribution is 0.318. The average molecular weight is 285 g/mol. The highest BCUT2D eigenvalue weighted by Crippen LogP contribution is 2.25. The minimum Gasteiger partial charge on any atom is -0.439 e. The van der Waals surface area contributed by atoms with Gasteiger partial charge in [-0.05, 0) is 36.6 Å². The summed E-state index contributed by atoms with van der Waals surface area (Å²) in [6.45, 7) is 6.08. The van der Waals surface area contributed by atoms with Crippen molar-refractivity contribution >= 4 is 5.84 Å². The molecule has 0 saturated carbocycles. The van der Waals surface area contributed by atoms with Crippen LogP contribution in [0.4, 0.5) is 0 Å². The van der Waals surface area contributed by atoms with Gasteiger partial charge in [0.15, 0.2) is 5.84 Å². The van der Waals surface area contributed by atoms with Crippen LogP contribution < -0.4 is 10.5 Å². The molecule has 0 aliphatic carbocycles. The molecule has 1 aromatic heterocycles. The molecule has 0 spiro atoms. The van der Waals surface area contributed by atoms with Crippen LogP contribution in [0, 0.1) is 6.92 Å². The van der Waals surface area contributed by atoms with Crippen LogP contribution >= 0.6 is 0 Å². The van der Waals surface area contributed by atoms with Gasteiger partial charge in [0.25, 0.3) is 0 Å². The van der Waals surface area contributed by atoms with Gasteiger partial charge in [-0.25, -0.2) is 4.98 Å². The van der Waals surface area contributed by atoms with Gasteiger partial charge < -0.3 is 15.7 Å². The quantitative estimate of drug-likeness (QED) is 0.390. The molecular weight excluding hydrogens is 266 g/mol. The first-order chi connectivity index (χ1) is 9.99. The van der Waals surface area contributed by atoms with Crippen molar-refractivity contribution in [2.75, 3.05) is 0 Å². The number of hydrogen-bond acceptors (Lipinski definition) is 4. The fourth-order valence-electron chi connectivity index (χ4n) is 1.95. The maximum atomic E-state index is 8.76. The Hall–Kier alpha value is -2.56. The molecule has 3 N–H and O–H groups in total. The lowest BCUT2D eigenvalue weighted by Crippen LogP contribution is -2.13. The molecule has 0 unspecified atom stereocenters. The van der Waals surface area contributed by atoms with Crippen molar-refractivity contribution in [2.24, 2.45) is 10.9 Å². The molecule has 5 nitrogen and oxygen atoms in total. The van der Waals surface area contributed by atoms with E-state index in [1.165, 1.54) is 5.56 Å². The topological polar surface area (TPSA) is 80.7 Å². The number of pyridine rings is 1. The summed E-state index contributed by atoms with van der Waals surface area (Å²) >= 11 is 0. The summed E-state index contributed by atoms with van der Waals surface area (Å²) in [6, 6.07) is 11.2. The molecule has 21 heavy (non-hydrogen) atoms. The van der Waals surface area contributed by atoms with Gasteiger partial charge in [0.1, 0.15) is 5.75 Å². The fraction of sp³-hybridized carbons (Fsp3) is 0.250. The number of ether oxygens (including phenoxy) is 1. The van der Waals surface area contributed by atoms with E-state index < -0.39 is 0 Å². The van der Waals surface area contributed by atoms with E-state index in [9.17, 15) is 0 Å². The summed E-state index contributed by atoms with van der Waals surface area (Å²) in [6.07, 6.45) is 0. The molecular formula is C16H19N3O2. The first-order valence-corrected chi connectivity index (χ1v) is 6.74. The Morgan fingerprint density at radius 2 is 2.05 bits per heavy atom.